The Balaban J connectivity index is 1.66. The minimum Gasteiger partial charge on any atom is -0.503 e. The minimum atomic E-state index is -0.840. The summed E-state index contributed by atoms with van der Waals surface area (Å²) in [6.45, 7) is 4.25. The average Bonchev–Trinajstić information content (AvgIpc) is 3.38. The average molecular weight is 532 g/mol. The lowest BCUT2D eigenvalue weighted by Crippen LogP contribution is -2.31. The molecule has 0 spiro atoms. The highest BCUT2D eigenvalue weighted by Gasteiger charge is 2.45. The van der Waals surface area contributed by atoms with E-state index < -0.39 is 23.5 Å². The molecule has 2 heterocycles. The van der Waals surface area contributed by atoms with E-state index in [9.17, 15) is 14.7 Å². The predicted molar refractivity (Wildman–Crippen MR) is 137 cm³/mol. The summed E-state index contributed by atoms with van der Waals surface area (Å²) in [5, 5.41) is 11.8. The second kappa shape index (κ2) is 9.07. The number of amides is 1. The highest BCUT2D eigenvalue weighted by Crippen LogP contribution is 2.44. The van der Waals surface area contributed by atoms with Crippen molar-refractivity contribution in [1.82, 2.24) is 0 Å². The van der Waals surface area contributed by atoms with E-state index in [-0.39, 0.29) is 11.3 Å². The number of aryl methyl sites for hydroxylation is 1. The first-order chi connectivity index (χ1) is 16.9. The standard InChI is InChI=1S/C28H22BrNO5/c1-3-34-20-9-6-8-19(15-20)30-25(21-10-5-4-7-16(21)2)24(27(32)28(30)33)26(31)23-14-17-13-18(29)11-12-22(17)35-23/h4-15,25,32H,3H2,1-2H3. The first-order valence-electron chi connectivity index (χ1n) is 11.2. The molecule has 176 valence electrons. The van der Waals surface area contributed by atoms with Gasteiger partial charge in [0.2, 0.25) is 5.78 Å². The third-order valence-electron chi connectivity index (χ3n) is 6.04. The van der Waals surface area contributed by atoms with Crippen LogP contribution in [-0.4, -0.2) is 23.4 Å². The summed E-state index contributed by atoms with van der Waals surface area (Å²) >= 11 is 3.42. The molecule has 1 atom stereocenters. The van der Waals surface area contributed by atoms with Crippen molar-refractivity contribution in [3.63, 3.8) is 0 Å². The monoisotopic (exact) mass is 531 g/mol. The first-order valence-corrected chi connectivity index (χ1v) is 12.0. The molecule has 1 amide bonds. The van der Waals surface area contributed by atoms with E-state index in [4.69, 9.17) is 9.15 Å². The van der Waals surface area contributed by atoms with E-state index in [1.165, 1.54) is 4.90 Å². The molecule has 1 N–H and O–H groups in total. The molecule has 7 heteroatoms. The van der Waals surface area contributed by atoms with Crippen molar-refractivity contribution in [2.45, 2.75) is 19.9 Å². The van der Waals surface area contributed by atoms with Crippen LogP contribution in [0.3, 0.4) is 0 Å². The van der Waals surface area contributed by atoms with Gasteiger partial charge in [0, 0.05) is 21.6 Å². The summed E-state index contributed by atoms with van der Waals surface area (Å²) in [4.78, 5) is 28.6. The van der Waals surface area contributed by atoms with Crippen LogP contribution in [0, 0.1) is 6.92 Å². The quantitative estimate of drug-likeness (QED) is 0.280. The van der Waals surface area contributed by atoms with Crippen molar-refractivity contribution >= 4 is 44.3 Å². The second-order valence-corrected chi connectivity index (χ2v) is 9.16. The van der Waals surface area contributed by atoms with Crippen molar-refractivity contribution in [2.75, 3.05) is 11.5 Å². The van der Waals surface area contributed by atoms with Crippen LogP contribution < -0.4 is 9.64 Å². The van der Waals surface area contributed by atoms with Crippen LogP contribution >= 0.6 is 15.9 Å². The number of benzene rings is 3. The number of nitrogens with zero attached hydrogens (tertiary/aromatic N) is 1. The Hall–Kier alpha value is -3.84. The normalized spacial score (nSPS) is 15.8. The molecule has 1 unspecified atom stereocenters. The fraction of sp³-hybridized carbons (Fsp3) is 0.143. The van der Waals surface area contributed by atoms with E-state index in [0.29, 0.717) is 23.6 Å². The summed E-state index contributed by atoms with van der Waals surface area (Å²) in [5.74, 6) is -1.15. The van der Waals surface area contributed by atoms with Crippen molar-refractivity contribution in [3.05, 3.63) is 105 Å². The van der Waals surface area contributed by atoms with Crippen molar-refractivity contribution in [3.8, 4) is 5.75 Å². The van der Waals surface area contributed by atoms with Gasteiger partial charge in [-0.15, -0.1) is 0 Å². The van der Waals surface area contributed by atoms with Crippen LogP contribution in [0.1, 0.15) is 34.6 Å². The molecule has 4 aromatic rings. The molecule has 0 bridgehead atoms. The fourth-order valence-electron chi connectivity index (χ4n) is 4.44. The molecule has 0 fully saturated rings. The summed E-state index contributed by atoms with van der Waals surface area (Å²) in [7, 11) is 0. The molecular formula is C28H22BrNO5. The third kappa shape index (κ3) is 4.02. The van der Waals surface area contributed by atoms with Crippen LogP contribution in [-0.2, 0) is 4.79 Å². The summed E-state index contributed by atoms with van der Waals surface area (Å²) < 4.78 is 12.3. The van der Waals surface area contributed by atoms with Gasteiger partial charge >= 0.3 is 0 Å². The minimum absolute atomic E-state index is 0.0239. The van der Waals surface area contributed by atoms with Crippen LogP contribution in [0.4, 0.5) is 5.69 Å². The van der Waals surface area contributed by atoms with Gasteiger partial charge in [-0.05, 0) is 61.4 Å². The molecule has 5 rings (SSSR count). The van der Waals surface area contributed by atoms with Gasteiger partial charge in [-0.25, -0.2) is 0 Å². The molecule has 0 saturated carbocycles. The van der Waals surface area contributed by atoms with Gasteiger partial charge in [-0.1, -0.05) is 46.3 Å². The molecule has 6 nitrogen and oxygen atoms in total. The van der Waals surface area contributed by atoms with E-state index in [2.05, 4.69) is 15.9 Å². The topological polar surface area (TPSA) is 80.0 Å². The Morgan fingerprint density at radius 1 is 1.09 bits per heavy atom. The highest BCUT2D eigenvalue weighted by molar-refractivity contribution is 9.10. The van der Waals surface area contributed by atoms with Gasteiger partial charge in [0.25, 0.3) is 5.91 Å². The zero-order valence-electron chi connectivity index (χ0n) is 19.1. The van der Waals surface area contributed by atoms with E-state index >= 15 is 0 Å². The van der Waals surface area contributed by atoms with Crippen molar-refractivity contribution < 1.29 is 23.8 Å². The van der Waals surface area contributed by atoms with Crippen LogP contribution in [0.15, 0.2) is 93.0 Å². The Bertz CT molecular complexity index is 1500. The number of ether oxygens (including phenoxy) is 1. The number of anilines is 1. The third-order valence-corrected chi connectivity index (χ3v) is 6.54. The molecule has 1 aromatic heterocycles. The summed E-state index contributed by atoms with van der Waals surface area (Å²) in [6, 6.07) is 20.8. The number of hydrogen-bond acceptors (Lipinski definition) is 5. The van der Waals surface area contributed by atoms with Gasteiger partial charge in [0.1, 0.15) is 11.3 Å². The smallest absolute Gasteiger partial charge is 0.294 e. The number of aliphatic hydroxyl groups is 1. The maximum atomic E-state index is 13.8. The predicted octanol–water partition coefficient (Wildman–Crippen LogP) is 6.69. The number of Topliss-reactive ketones (excluding diaryl/α,β-unsaturated/α-hetero) is 1. The maximum absolute atomic E-state index is 13.8. The van der Waals surface area contributed by atoms with E-state index in [1.54, 1.807) is 36.4 Å². The molecule has 0 aliphatic carbocycles. The summed E-state index contributed by atoms with van der Waals surface area (Å²) in [6.07, 6.45) is 0. The summed E-state index contributed by atoms with van der Waals surface area (Å²) in [5.41, 5.74) is 2.63. The van der Waals surface area contributed by atoms with Gasteiger partial charge in [0.15, 0.2) is 11.5 Å². The lowest BCUT2D eigenvalue weighted by atomic mass is 9.92. The SMILES string of the molecule is CCOc1cccc(N2C(=O)C(O)=C(C(=O)c3cc4cc(Br)ccc4o3)C2c2ccccc2C)c1. The Labute approximate surface area is 210 Å². The van der Waals surface area contributed by atoms with Crippen LogP contribution in [0.5, 0.6) is 5.75 Å². The maximum Gasteiger partial charge on any atom is 0.294 e. The Kier molecular flexibility index (Phi) is 5.94. The van der Waals surface area contributed by atoms with Crippen LogP contribution in [0.2, 0.25) is 0 Å². The van der Waals surface area contributed by atoms with Gasteiger partial charge in [-0.3, -0.25) is 14.5 Å². The Morgan fingerprint density at radius 2 is 1.89 bits per heavy atom. The number of halogens is 1. The molecule has 1 aliphatic heterocycles. The molecule has 1 aliphatic rings. The molecule has 35 heavy (non-hydrogen) atoms. The van der Waals surface area contributed by atoms with Crippen LogP contribution in [0.25, 0.3) is 11.0 Å². The lowest BCUT2D eigenvalue weighted by Gasteiger charge is -2.28. The number of carbonyl (C=O) groups excluding carboxylic acids is 2. The molecule has 0 saturated heterocycles. The number of furan rings is 1. The number of carbonyl (C=O) groups is 2. The van der Waals surface area contributed by atoms with E-state index in [1.807, 2.05) is 50.2 Å². The van der Waals surface area contributed by atoms with Gasteiger partial charge in [-0.2, -0.15) is 0 Å². The first kappa shape index (κ1) is 22.9. The van der Waals surface area contributed by atoms with Crippen molar-refractivity contribution in [1.29, 1.82) is 0 Å². The lowest BCUT2D eigenvalue weighted by molar-refractivity contribution is -0.117. The molecular weight excluding hydrogens is 510 g/mol. The highest BCUT2D eigenvalue weighted by atomic mass is 79.9. The number of hydrogen-bond donors (Lipinski definition) is 1. The zero-order valence-corrected chi connectivity index (χ0v) is 20.7. The van der Waals surface area contributed by atoms with Gasteiger partial charge in [0.05, 0.1) is 18.2 Å². The number of rotatable bonds is 6. The van der Waals surface area contributed by atoms with Gasteiger partial charge < -0.3 is 14.3 Å². The van der Waals surface area contributed by atoms with E-state index in [0.717, 1.165) is 21.0 Å². The Morgan fingerprint density at radius 3 is 2.66 bits per heavy atom. The number of ketones is 1. The fourth-order valence-corrected chi connectivity index (χ4v) is 4.82. The largest absolute Gasteiger partial charge is 0.503 e. The molecule has 3 aromatic carbocycles. The number of fused-ring (bicyclic) bond motifs is 1. The number of aliphatic hydroxyl groups excluding tert-OH is 1. The second-order valence-electron chi connectivity index (χ2n) is 8.25. The van der Waals surface area contributed by atoms with Crippen molar-refractivity contribution in [2.24, 2.45) is 0 Å². The zero-order chi connectivity index (χ0) is 24.7. The molecule has 0 radical (unpaired) electrons.